The number of pyridine rings is 1. The van der Waals surface area contributed by atoms with E-state index in [9.17, 15) is 8.42 Å². The Balaban J connectivity index is 2.24. The Morgan fingerprint density at radius 1 is 1.17 bits per heavy atom. The molecule has 7 heteroatoms. The lowest BCUT2D eigenvalue weighted by atomic mass is 10.2. The van der Waals surface area contributed by atoms with Crippen LogP contribution in [0.2, 0.25) is 0 Å². The zero-order chi connectivity index (χ0) is 17.0. The molecule has 0 bridgehead atoms. The highest BCUT2D eigenvalue weighted by atomic mass is 32.2. The summed E-state index contributed by atoms with van der Waals surface area (Å²) in [6.45, 7) is 4.86. The fourth-order valence-electron chi connectivity index (χ4n) is 2.12. The average Bonchev–Trinajstić information content (AvgIpc) is 2.49. The van der Waals surface area contributed by atoms with Crippen LogP contribution in [0.3, 0.4) is 0 Å². The Kier molecular flexibility index (Phi) is 5.23. The minimum atomic E-state index is -3.52. The van der Waals surface area contributed by atoms with E-state index >= 15 is 0 Å². The number of anilines is 3. The van der Waals surface area contributed by atoms with Gasteiger partial charge in [-0.15, -0.1) is 0 Å². The average molecular weight is 334 g/mol. The van der Waals surface area contributed by atoms with E-state index in [-0.39, 0.29) is 0 Å². The Hall–Kier alpha value is -2.12. The molecule has 0 spiro atoms. The number of benzene rings is 1. The Morgan fingerprint density at radius 3 is 2.43 bits per heavy atom. The number of nitrogens with zero attached hydrogens (tertiary/aromatic N) is 3. The van der Waals surface area contributed by atoms with Crippen molar-refractivity contribution in [3.8, 4) is 0 Å². The van der Waals surface area contributed by atoms with Crippen LogP contribution in [0.4, 0.5) is 17.2 Å². The van der Waals surface area contributed by atoms with Crippen LogP contribution in [0.5, 0.6) is 0 Å². The quantitative estimate of drug-likeness (QED) is 0.882. The van der Waals surface area contributed by atoms with E-state index in [1.165, 1.54) is 25.9 Å². The largest absolute Gasteiger partial charge is 0.327 e. The molecule has 0 unspecified atom stereocenters. The summed E-state index contributed by atoms with van der Waals surface area (Å²) in [4.78, 5) is 6.45. The van der Waals surface area contributed by atoms with Crippen molar-refractivity contribution in [2.45, 2.75) is 13.8 Å². The van der Waals surface area contributed by atoms with Gasteiger partial charge >= 0.3 is 10.2 Å². The van der Waals surface area contributed by atoms with Crippen LogP contribution in [-0.4, -0.2) is 38.3 Å². The van der Waals surface area contributed by atoms with Gasteiger partial charge < -0.3 is 4.90 Å². The van der Waals surface area contributed by atoms with Gasteiger partial charge in [0.2, 0.25) is 0 Å². The molecule has 0 fully saturated rings. The minimum Gasteiger partial charge on any atom is -0.327 e. The van der Waals surface area contributed by atoms with Crippen molar-refractivity contribution >= 4 is 27.4 Å². The topological polar surface area (TPSA) is 65.5 Å². The van der Waals surface area contributed by atoms with E-state index in [1.54, 1.807) is 12.1 Å². The number of aromatic nitrogens is 1. The summed E-state index contributed by atoms with van der Waals surface area (Å²) in [5, 5.41) is 0. The van der Waals surface area contributed by atoms with Crippen molar-refractivity contribution in [2.75, 3.05) is 30.3 Å². The molecule has 1 N–H and O–H groups in total. The third-order valence-electron chi connectivity index (χ3n) is 3.38. The zero-order valence-electron chi connectivity index (χ0n) is 13.8. The third-order valence-corrected chi connectivity index (χ3v) is 4.84. The highest BCUT2D eigenvalue weighted by molar-refractivity contribution is 7.90. The molecule has 124 valence electrons. The summed E-state index contributed by atoms with van der Waals surface area (Å²) in [6.07, 6.45) is 1.52. The second kappa shape index (κ2) is 6.97. The van der Waals surface area contributed by atoms with E-state index in [0.717, 1.165) is 22.4 Å². The van der Waals surface area contributed by atoms with Crippen LogP contribution in [-0.2, 0) is 10.2 Å². The molecule has 0 radical (unpaired) electrons. The van der Waals surface area contributed by atoms with Gasteiger partial charge in [-0.3, -0.25) is 4.72 Å². The first-order valence-corrected chi connectivity index (χ1v) is 8.78. The van der Waals surface area contributed by atoms with Gasteiger partial charge in [-0.25, -0.2) is 4.98 Å². The van der Waals surface area contributed by atoms with Crippen molar-refractivity contribution in [1.29, 1.82) is 0 Å². The normalized spacial score (nSPS) is 11.5. The molecular weight excluding hydrogens is 312 g/mol. The monoisotopic (exact) mass is 334 g/mol. The molecule has 2 rings (SSSR count). The highest BCUT2D eigenvalue weighted by Crippen LogP contribution is 2.25. The first-order valence-electron chi connectivity index (χ1n) is 7.34. The second-order valence-corrected chi connectivity index (χ2v) is 7.26. The van der Waals surface area contributed by atoms with Gasteiger partial charge in [-0.05, 0) is 43.7 Å². The van der Waals surface area contributed by atoms with Crippen LogP contribution in [0.1, 0.15) is 12.5 Å². The van der Waals surface area contributed by atoms with Gasteiger partial charge in [0.25, 0.3) is 0 Å². The molecule has 0 aliphatic rings. The van der Waals surface area contributed by atoms with Crippen molar-refractivity contribution in [2.24, 2.45) is 0 Å². The summed E-state index contributed by atoms with van der Waals surface area (Å²) >= 11 is 0. The summed E-state index contributed by atoms with van der Waals surface area (Å²) in [5.41, 5.74) is 2.67. The maximum Gasteiger partial charge on any atom is 0.301 e. The summed E-state index contributed by atoms with van der Waals surface area (Å²) in [7, 11) is -0.572. The Morgan fingerprint density at radius 2 is 1.91 bits per heavy atom. The lowest BCUT2D eigenvalue weighted by molar-refractivity contribution is 0.527. The van der Waals surface area contributed by atoms with Gasteiger partial charge in [0.05, 0.1) is 11.9 Å². The predicted octanol–water partition coefficient (Wildman–Crippen LogP) is 2.77. The van der Waals surface area contributed by atoms with Crippen molar-refractivity contribution in [3.05, 3.63) is 48.2 Å². The zero-order valence-corrected chi connectivity index (χ0v) is 14.6. The number of rotatable bonds is 6. The molecule has 1 heterocycles. The van der Waals surface area contributed by atoms with Gasteiger partial charge in [-0.1, -0.05) is 12.1 Å². The van der Waals surface area contributed by atoms with Crippen LogP contribution in [0, 0.1) is 6.92 Å². The second-order valence-electron chi connectivity index (χ2n) is 5.38. The Bertz CT molecular complexity index is 758. The van der Waals surface area contributed by atoms with E-state index in [0.29, 0.717) is 5.69 Å². The molecule has 0 amide bonds. The molecule has 0 aliphatic heterocycles. The molecule has 0 aliphatic carbocycles. The standard InChI is InChI=1S/C16H22N4O2S/c1-5-20(15-8-6-7-13(2)11-15)16-10-9-14(12-17-16)18-23(21,22)19(3)4/h6-12,18H,5H2,1-4H3. The number of hydrogen-bond acceptors (Lipinski definition) is 4. The molecule has 0 saturated carbocycles. The summed E-state index contributed by atoms with van der Waals surface area (Å²) < 4.78 is 27.2. The highest BCUT2D eigenvalue weighted by Gasteiger charge is 2.14. The SMILES string of the molecule is CCN(c1cccc(C)c1)c1ccc(NS(=O)(=O)N(C)C)cn1. The fraction of sp³-hybridized carbons (Fsp3) is 0.312. The van der Waals surface area contributed by atoms with Gasteiger partial charge in [-0.2, -0.15) is 12.7 Å². The molecular formula is C16H22N4O2S. The lowest BCUT2D eigenvalue weighted by Gasteiger charge is -2.23. The van der Waals surface area contributed by atoms with E-state index in [4.69, 9.17) is 0 Å². The maximum absolute atomic E-state index is 11.8. The number of nitrogens with one attached hydrogen (secondary N) is 1. The van der Waals surface area contributed by atoms with E-state index in [1.807, 2.05) is 32.0 Å². The fourth-order valence-corrected chi connectivity index (χ4v) is 2.72. The summed E-state index contributed by atoms with van der Waals surface area (Å²) in [6, 6.07) is 11.7. The molecule has 2 aromatic rings. The summed E-state index contributed by atoms with van der Waals surface area (Å²) in [5.74, 6) is 0.769. The van der Waals surface area contributed by atoms with Crippen LogP contribution >= 0.6 is 0 Å². The van der Waals surface area contributed by atoms with E-state index < -0.39 is 10.2 Å². The van der Waals surface area contributed by atoms with Gasteiger partial charge in [0.15, 0.2) is 0 Å². The van der Waals surface area contributed by atoms with Crippen molar-refractivity contribution in [1.82, 2.24) is 9.29 Å². The lowest BCUT2D eigenvalue weighted by Crippen LogP contribution is -2.29. The van der Waals surface area contributed by atoms with Gasteiger partial charge in [0.1, 0.15) is 5.82 Å². The molecule has 1 aromatic carbocycles. The van der Waals surface area contributed by atoms with Crippen LogP contribution < -0.4 is 9.62 Å². The maximum atomic E-state index is 11.8. The third kappa shape index (κ3) is 4.20. The van der Waals surface area contributed by atoms with Crippen molar-refractivity contribution < 1.29 is 8.42 Å². The first kappa shape index (κ1) is 17.2. The van der Waals surface area contributed by atoms with Crippen LogP contribution in [0.25, 0.3) is 0 Å². The molecule has 0 saturated heterocycles. The van der Waals surface area contributed by atoms with Crippen molar-refractivity contribution in [3.63, 3.8) is 0 Å². The Labute approximate surface area is 137 Å². The minimum absolute atomic E-state index is 0.433. The predicted molar refractivity (Wildman–Crippen MR) is 94.3 cm³/mol. The first-order chi connectivity index (χ1) is 10.8. The van der Waals surface area contributed by atoms with Crippen LogP contribution in [0.15, 0.2) is 42.6 Å². The number of hydrogen-bond donors (Lipinski definition) is 1. The molecule has 23 heavy (non-hydrogen) atoms. The smallest absolute Gasteiger partial charge is 0.301 e. The van der Waals surface area contributed by atoms with Gasteiger partial charge in [0, 0.05) is 26.3 Å². The number of aryl methyl sites for hydroxylation is 1. The van der Waals surface area contributed by atoms with E-state index in [2.05, 4.69) is 20.7 Å². The molecule has 1 aromatic heterocycles. The molecule has 0 atom stereocenters. The molecule has 6 nitrogen and oxygen atoms in total.